The topological polar surface area (TPSA) is 84.5 Å². The van der Waals surface area contributed by atoms with Crippen LogP contribution in [0.4, 0.5) is 4.39 Å². The fraction of sp³-hybridized carbons (Fsp3) is 0.500. The van der Waals surface area contributed by atoms with Crippen molar-refractivity contribution in [3.05, 3.63) is 35.6 Å². The van der Waals surface area contributed by atoms with Crippen LogP contribution in [-0.2, 0) is 25.5 Å². The van der Waals surface area contributed by atoms with Crippen LogP contribution in [0.25, 0.3) is 0 Å². The Balaban J connectivity index is 2.87. The lowest BCUT2D eigenvalue weighted by Crippen LogP contribution is -2.52. The van der Waals surface area contributed by atoms with Crippen molar-refractivity contribution in [2.45, 2.75) is 45.7 Å². The van der Waals surface area contributed by atoms with Gasteiger partial charge in [-0.3, -0.25) is 9.59 Å². The Morgan fingerprint density at radius 2 is 1.68 bits per heavy atom. The highest BCUT2D eigenvalue weighted by Gasteiger charge is 2.27. The third kappa shape index (κ3) is 7.32. The number of halogens is 1. The molecule has 0 radical (unpaired) electrons. The fourth-order valence-electron chi connectivity index (χ4n) is 2.41. The first-order valence-corrected chi connectivity index (χ1v) is 8.12. The number of hydrogen-bond donors (Lipinski definition) is 2. The zero-order valence-corrected chi connectivity index (χ0v) is 15.0. The molecule has 2 amide bonds. The summed E-state index contributed by atoms with van der Waals surface area (Å²) in [7, 11) is 1.23. The first-order chi connectivity index (χ1) is 11.7. The number of rotatable bonds is 8. The monoisotopic (exact) mass is 352 g/mol. The molecule has 0 aliphatic rings. The number of carbonyl (C=O) groups is 3. The van der Waals surface area contributed by atoms with Gasteiger partial charge in [0.25, 0.3) is 0 Å². The second-order valence-corrected chi connectivity index (χ2v) is 6.30. The summed E-state index contributed by atoms with van der Waals surface area (Å²) in [6.07, 6.45) is 0.600. The minimum Gasteiger partial charge on any atom is -0.467 e. The van der Waals surface area contributed by atoms with Gasteiger partial charge in [-0.2, -0.15) is 0 Å². The maximum atomic E-state index is 13.0. The Morgan fingerprint density at radius 1 is 1.08 bits per heavy atom. The highest BCUT2D eigenvalue weighted by atomic mass is 19.1. The molecule has 0 saturated heterocycles. The number of amides is 2. The molecular formula is C18H25FN2O4. The Labute approximate surface area is 147 Å². The first-order valence-electron chi connectivity index (χ1n) is 8.12. The van der Waals surface area contributed by atoms with Gasteiger partial charge in [0, 0.05) is 13.3 Å². The van der Waals surface area contributed by atoms with Crippen molar-refractivity contribution in [3.8, 4) is 0 Å². The van der Waals surface area contributed by atoms with Gasteiger partial charge in [0.15, 0.2) is 0 Å². The highest BCUT2D eigenvalue weighted by Crippen LogP contribution is 2.09. The molecule has 0 bridgehead atoms. The summed E-state index contributed by atoms with van der Waals surface area (Å²) in [5.41, 5.74) is 0.678. The molecular weight excluding hydrogens is 327 g/mol. The Bertz CT molecular complexity index is 602. The molecule has 0 aromatic heterocycles. The standard InChI is InChI=1S/C18H25FN2O4/c1-11(2)9-15(20-12(3)22)17(23)21-16(18(24)25-4)10-13-5-7-14(19)8-6-13/h5-8,11,15-16H,9-10H2,1-4H3,(H,20,22)(H,21,23)/t15-,16-/m0/s1. The molecule has 0 heterocycles. The number of ether oxygens (including phenoxy) is 1. The van der Waals surface area contributed by atoms with Crippen LogP contribution in [0.15, 0.2) is 24.3 Å². The molecule has 138 valence electrons. The van der Waals surface area contributed by atoms with Crippen LogP contribution in [0.1, 0.15) is 32.8 Å². The van der Waals surface area contributed by atoms with E-state index in [0.29, 0.717) is 12.0 Å². The zero-order chi connectivity index (χ0) is 19.0. The van der Waals surface area contributed by atoms with Gasteiger partial charge in [-0.05, 0) is 30.0 Å². The van der Waals surface area contributed by atoms with Crippen molar-refractivity contribution in [2.24, 2.45) is 5.92 Å². The minimum atomic E-state index is -0.925. The van der Waals surface area contributed by atoms with Crippen molar-refractivity contribution in [1.29, 1.82) is 0 Å². The van der Waals surface area contributed by atoms with E-state index in [2.05, 4.69) is 10.6 Å². The number of nitrogens with one attached hydrogen (secondary N) is 2. The van der Waals surface area contributed by atoms with Crippen LogP contribution >= 0.6 is 0 Å². The summed E-state index contributed by atoms with van der Waals surface area (Å²) in [5.74, 6) is -1.60. The van der Waals surface area contributed by atoms with Gasteiger partial charge in [-0.25, -0.2) is 9.18 Å². The Kier molecular flexibility index (Phi) is 8.04. The molecule has 0 fully saturated rings. The number of hydrogen-bond acceptors (Lipinski definition) is 4. The van der Waals surface area contributed by atoms with Crippen LogP contribution in [0.2, 0.25) is 0 Å². The van der Waals surface area contributed by atoms with E-state index in [1.165, 1.54) is 38.3 Å². The summed E-state index contributed by atoms with van der Waals surface area (Å²) in [5, 5.41) is 5.21. The molecule has 0 spiro atoms. The molecule has 1 aromatic carbocycles. The summed E-state index contributed by atoms with van der Waals surface area (Å²) in [6, 6.07) is 3.98. The summed E-state index contributed by atoms with van der Waals surface area (Å²) in [6.45, 7) is 5.19. The van der Waals surface area contributed by atoms with Gasteiger partial charge in [0.1, 0.15) is 17.9 Å². The summed E-state index contributed by atoms with van der Waals surface area (Å²) < 4.78 is 17.7. The molecule has 1 rings (SSSR count). The van der Waals surface area contributed by atoms with Gasteiger partial charge in [-0.1, -0.05) is 26.0 Å². The SMILES string of the molecule is COC(=O)[C@H](Cc1ccc(F)cc1)NC(=O)[C@H](CC(C)C)NC(C)=O. The predicted octanol–water partition coefficient (Wildman–Crippen LogP) is 1.58. The van der Waals surface area contributed by atoms with E-state index in [4.69, 9.17) is 4.74 Å². The van der Waals surface area contributed by atoms with Crippen molar-refractivity contribution in [1.82, 2.24) is 10.6 Å². The van der Waals surface area contributed by atoms with Crippen molar-refractivity contribution in [3.63, 3.8) is 0 Å². The van der Waals surface area contributed by atoms with Gasteiger partial charge >= 0.3 is 5.97 Å². The molecule has 0 aliphatic heterocycles. The lowest BCUT2D eigenvalue weighted by molar-refractivity contribution is -0.145. The second-order valence-electron chi connectivity index (χ2n) is 6.30. The quantitative estimate of drug-likeness (QED) is 0.696. The van der Waals surface area contributed by atoms with Gasteiger partial charge in [0.05, 0.1) is 7.11 Å². The Hall–Kier alpha value is -2.44. The molecule has 6 nitrogen and oxygen atoms in total. The largest absolute Gasteiger partial charge is 0.467 e. The van der Waals surface area contributed by atoms with Crippen LogP contribution in [0.3, 0.4) is 0 Å². The third-order valence-electron chi connectivity index (χ3n) is 3.56. The lowest BCUT2D eigenvalue weighted by Gasteiger charge is -2.23. The summed E-state index contributed by atoms with van der Waals surface area (Å²) >= 11 is 0. The number of benzene rings is 1. The smallest absolute Gasteiger partial charge is 0.328 e. The second kappa shape index (κ2) is 9.76. The summed E-state index contributed by atoms with van der Waals surface area (Å²) in [4.78, 5) is 35.8. The van der Waals surface area contributed by atoms with Crippen LogP contribution < -0.4 is 10.6 Å². The molecule has 2 atom stereocenters. The van der Waals surface area contributed by atoms with E-state index in [-0.39, 0.29) is 24.1 Å². The van der Waals surface area contributed by atoms with E-state index >= 15 is 0 Å². The van der Waals surface area contributed by atoms with E-state index in [9.17, 15) is 18.8 Å². The van der Waals surface area contributed by atoms with E-state index in [1.54, 1.807) is 0 Å². The van der Waals surface area contributed by atoms with Crippen molar-refractivity contribution < 1.29 is 23.5 Å². The van der Waals surface area contributed by atoms with Crippen molar-refractivity contribution in [2.75, 3.05) is 7.11 Å². The molecule has 7 heteroatoms. The molecule has 0 aliphatic carbocycles. The third-order valence-corrected chi connectivity index (χ3v) is 3.56. The fourth-order valence-corrected chi connectivity index (χ4v) is 2.41. The normalized spacial score (nSPS) is 13.0. The zero-order valence-electron chi connectivity index (χ0n) is 15.0. The average Bonchev–Trinajstić information content (AvgIpc) is 2.53. The number of methoxy groups -OCH3 is 1. The molecule has 0 unspecified atom stereocenters. The lowest BCUT2D eigenvalue weighted by atomic mass is 10.0. The van der Waals surface area contributed by atoms with Crippen LogP contribution in [0, 0.1) is 11.7 Å². The maximum Gasteiger partial charge on any atom is 0.328 e. The minimum absolute atomic E-state index is 0.160. The Morgan fingerprint density at radius 3 is 2.16 bits per heavy atom. The number of esters is 1. The average molecular weight is 352 g/mol. The van der Waals surface area contributed by atoms with E-state index in [0.717, 1.165) is 0 Å². The van der Waals surface area contributed by atoms with Gasteiger partial charge in [0.2, 0.25) is 11.8 Å². The molecule has 2 N–H and O–H groups in total. The van der Waals surface area contributed by atoms with Gasteiger partial charge in [-0.15, -0.1) is 0 Å². The number of carbonyl (C=O) groups excluding carboxylic acids is 3. The van der Waals surface area contributed by atoms with E-state index < -0.39 is 24.0 Å². The van der Waals surface area contributed by atoms with E-state index in [1.807, 2.05) is 13.8 Å². The van der Waals surface area contributed by atoms with Crippen LogP contribution in [-0.4, -0.2) is 37.0 Å². The predicted molar refractivity (Wildman–Crippen MR) is 91.1 cm³/mol. The first kappa shape index (κ1) is 20.6. The van der Waals surface area contributed by atoms with Crippen LogP contribution in [0.5, 0.6) is 0 Å². The highest BCUT2D eigenvalue weighted by molar-refractivity contribution is 5.90. The molecule has 25 heavy (non-hydrogen) atoms. The maximum absolute atomic E-state index is 13.0. The van der Waals surface area contributed by atoms with Gasteiger partial charge < -0.3 is 15.4 Å². The molecule has 0 saturated carbocycles. The van der Waals surface area contributed by atoms with Crippen molar-refractivity contribution >= 4 is 17.8 Å². The molecule has 1 aromatic rings.